The van der Waals surface area contributed by atoms with Crippen LogP contribution in [0, 0.1) is 0 Å². The van der Waals surface area contributed by atoms with E-state index in [0.717, 1.165) is 17.1 Å². The summed E-state index contributed by atoms with van der Waals surface area (Å²) in [5.41, 5.74) is 10.7. The Morgan fingerprint density at radius 1 is 0.291 bits per heavy atom. The SMILES string of the molecule is c1ccc(-c2ccc(N(c3ccc(-c4cccc5sc6cc7ccccc7cc6c45)cc3)c3cccc(-c4cccc5sc6ccccc6c45)c3)cc2)cc1. The highest BCUT2D eigenvalue weighted by atomic mass is 32.1. The van der Waals surface area contributed by atoms with E-state index in [1.54, 1.807) is 0 Å². The molecule has 0 bridgehead atoms. The molecule has 11 rings (SSSR count). The van der Waals surface area contributed by atoms with Crippen molar-refractivity contribution in [3.63, 3.8) is 0 Å². The molecule has 3 heteroatoms. The van der Waals surface area contributed by atoms with Crippen LogP contribution in [0.2, 0.25) is 0 Å². The maximum absolute atomic E-state index is 2.39. The van der Waals surface area contributed by atoms with E-state index < -0.39 is 0 Å². The molecule has 55 heavy (non-hydrogen) atoms. The fourth-order valence-electron chi connectivity index (χ4n) is 8.25. The van der Waals surface area contributed by atoms with Gasteiger partial charge in [-0.25, -0.2) is 0 Å². The third-order valence-corrected chi connectivity index (χ3v) is 13.1. The van der Waals surface area contributed by atoms with E-state index >= 15 is 0 Å². The highest BCUT2D eigenvalue weighted by molar-refractivity contribution is 7.26. The van der Waals surface area contributed by atoms with Crippen LogP contribution in [0.1, 0.15) is 0 Å². The highest BCUT2D eigenvalue weighted by Crippen LogP contribution is 2.45. The molecule has 1 nitrogen and oxygen atoms in total. The molecule has 0 fully saturated rings. The molecule has 0 spiro atoms. The van der Waals surface area contributed by atoms with Crippen LogP contribution in [0.25, 0.3) is 84.5 Å². The molecule has 0 aliphatic carbocycles. The van der Waals surface area contributed by atoms with Crippen molar-refractivity contribution in [1.82, 2.24) is 0 Å². The summed E-state index contributed by atoms with van der Waals surface area (Å²) < 4.78 is 5.28. The second-order valence-electron chi connectivity index (χ2n) is 14.1. The molecule has 0 atom stereocenters. The van der Waals surface area contributed by atoms with E-state index in [4.69, 9.17) is 0 Å². The van der Waals surface area contributed by atoms with E-state index in [1.807, 2.05) is 22.7 Å². The molecule has 9 aromatic carbocycles. The van der Waals surface area contributed by atoms with Gasteiger partial charge < -0.3 is 4.90 Å². The van der Waals surface area contributed by atoms with Crippen molar-refractivity contribution in [2.45, 2.75) is 0 Å². The molecule has 0 N–H and O–H groups in total. The van der Waals surface area contributed by atoms with Crippen LogP contribution in [-0.2, 0) is 0 Å². The quantitative estimate of drug-likeness (QED) is 0.164. The van der Waals surface area contributed by atoms with Crippen molar-refractivity contribution < 1.29 is 0 Å². The third kappa shape index (κ3) is 5.51. The molecule has 2 aromatic heterocycles. The Morgan fingerprint density at radius 3 is 1.56 bits per heavy atom. The van der Waals surface area contributed by atoms with Crippen molar-refractivity contribution in [3.05, 3.63) is 200 Å². The zero-order chi connectivity index (χ0) is 36.3. The van der Waals surface area contributed by atoms with Crippen LogP contribution in [0.3, 0.4) is 0 Å². The number of hydrogen-bond donors (Lipinski definition) is 0. The van der Waals surface area contributed by atoms with E-state index in [9.17, 15) is 0 Å². The summed E-state index contributed by atoms with van der Waals surface area (Å²) in [6, 6.07) is 73.4. The smallest absolute Gasteiger partial charge is 0.0467 e. The summed E-state index contributed by atoms with van der Waals surface area (Å²) in [4.78, 5) is 2.39. The minimum Gasteiger partial charge on any atom is -0.310 e. The summed E-state index contributed by atoms with van der Waals surface area (Å²) in [5, 5.41) is 7.86. The van der Waals surface area contributed by atoms with Crippen molar-refractivity contribution in [2.24, 2.45) is 0 Å². The van der Waals surface area contributed by atoms with E-state index in [1.165, 1.54) is 84.5 Å². The molecule has 0 unspecified atom stereocenters. The minimum atomic E-state index is 1.11. The first-order valence-corrected chi connectivity index (χ1v) is 20.3. The van der Waals surface area contributed by atoms with Gasteiger partial charge in [0.15, 0.2) is 0 Å². The maximum atomic E-state index is 2.39. The van der Waals surface area contributed by atoms with E-state index in [2.05, 4.69) is 205 Å². The van der Waals surface area contributed by atoms with Gasteiger partial charge in [0.1, 0.15) is 0 Å². The molecule has 258 valence electrons. The molecule has 0 saturated carbocycles. The van der Waals surface area contributed by atoms with E-state index in [0.29, 0.717) is 0 Å². The molecule has 0 aliphatic heterocycles. The molecule has 2 heterocycles. The topological polar surface area (TPSA) is 3.24 Å². The molecule has 0 saturated heterocycles. The second kappa shape index (κ2) is 13.1. The van der Waals surface area contributed by atoms with Crippen molar-refractivity contribution in [2.75, 3.05) is 4.90 Å². The van der Waals surface area contributed by atoms with Gasteiger partial charge in [-0.15, -0.1) is 22.7 Å². The first-order valence-electron chi connectivity index (χ1n) is 18.7. The van der Waals surface area contributed by atoms with Crippen LogP contribution in [0.5, 0.6) is 0 Å². The first-order chi connectivity index (χ1) is 27.2. The fraction of sp³-hybridized carbons (Fsp3) is 0. The number of hydrogen-bond acceptors (Lipinski definition) is 3. The summed E-state index contributed by atoms with van der Waals surface area (Å²) in [6.07, 6.45) is 0. The van der Waals surface area contributed by atoms with Gasteiger partial charge in [0.25, 0.3) is 0 Å². The number of rotatable bonds is 6. The summed E-state index contributed by atoms with van der Waals surface area (Å²) in [6.45, 7) is 0. The number of benzene rings is 9. The second-order valence-corrected chi connectivity index (χ2v) is 16.3. The Labute approximate surface area is 327 Å². The van der Waals surface area contributed by atoms with Crippen molar-refractivity contribution >= 4 is 90.9 Å². The lowest BCUT2D eigenvalue weighted by Crippen LogP contribution is -2.10. The number of thiophene rings is 2. The number of anilines is 3. The first kappa shape index (κ1) is 32.0. The van der Waals surface area contributed by atoms with Crippen LogP contribution >= 0.6 is 22.7 Å². The number of nitrogens with zero attached hydrogens (tertiary/aromatic N) is 1. The van der Waals surface area contributed by atoms with Gasteiger partial charge in [0, 0.05) is 57.4 Å². The third-order valence-electron chi connectivity index (χ3n) is 10.9. The predicted molar refractivity (Wildman–Crippen MR) is 241 cm³/mol. The monoisotopic (exact) mass is 735 g/mol. The van der Waals surface area contributed by atoms with Gasteiger partial charge in [-0.3, -0.25) is 0 Å². The molecule has 0 amide bonds. The minimum absolute atomic E-state index is 1.11. The fourth-order valence-corrected chi connectivity index (χ4v) is 10.5. The predicted octanol–water partition coefficient (Wildman–Crippen LogP) is 16.0. The van der Waals surface area contributed by atoms with Crippen molar-refractivity contribution in [1.29, 1.82) is 0 Å². The van der Waals surface area contributed by atoms with Crippen LogP contribution < -0.4 is 4.90 Å². The van der Waals surface area contributed by atoms with Crippen molar-refractivity contribution in [3.8, 4) is 33.4 Å². The lowest BCUT2D eigenvalue weighted by molar-refractivity contribution is 1.28. The lowest BCUT2D eigenvalue weighted by Gasteiger charge is -2.26. The molecule has 0 radical (unpaired) electrons. The zero-order valence-corrected chi connectivity index (χ0v) is 31.4. The van der Waals surface area contributed by atoms with Gasteiger partial charge in [0.05, 0.1) is 0 Å². The van der Waals surface area contributed by atoms with E-state index in [-0.39, 0.29) is 0 Å². The van der Waals surface area contributed by atoms with Gasteiger partial charge in [-0.05, 0) is 111 Å². The molecule has 11 aromatic rings. The van der Waals surface area contributed by atoms with Gasteiger partial charge in [-0.2, -0.15) is 0 Å². The Balaban J connectivity index is 1.04. The highest BCUT2D eigenvalue weighted by Gasteiger charge is 2.18. The Morgan fingerprint density at radius 2 is 0.818 bits per heavy atom. The summed E-state index contributed by atoms with van der Waals surface area (Å²) in [7, 11) is 0. The largest absolute Gasteiger partial charge is 0.310 e. The molecular formula is C52H33NS2. The van der Waals surface area contributed by atoms with Gasteiger partial charge in [0.2, 0.25) is 0 Å². The summed E-state index contributed by atoms with van der Waals surface area (Å²) >= 11 is 3.75. The Hall–Kier alpha value is -6.52. The lowest BCUT2D eigenvalue weighted by atomic mass is 9.97. The average Bonchev–Trinajstić information content (AvgIpc) is 3.82. The Bertz CT molecular complexity index is 3190. The molecule has 0 aliphatic rings. The van der Waals surface area contributed by atoms with Crippen LogP contribution in [-0.4, -0.2) is 0 Å². The van der Waals surface area contributed by atoms with Gasteiger partial charge >= 0.3 is 0 Å². The summed E-state index contributed by atoms with van der Waals surface area (Å²) in [5.74, 6) is 0. The Kier molecular flexibility index (Phi) is 7.61. The molecular weight excluding hydrogens is 703 g/mol. The van der Waals surface area contributed by atoms with Crippen LogP contribution in [0.15, 0.2) is 200 Å². The standard InChI is InChI=1S/C52H33NS2/c1-2-11-34(12-3-1)35-23-27-40(28-24-35)53(42-16-8-15-39(31-42)44-19-10-21-48-51(44)45-17-6-7-20-47(45)54-48)41-29-25-36(26-30-41)43-18-9-22-49-52(43)46-32-37-13-4-5-14-38(37)33-50(46)55-49/h1-33H. The number of fused-ring (bicyclic) bond motifs is 7. The van der Waals surface area contributed by atoms with Crippen LogP contribution in [0.4, 0.5) is 17.1 Å². The van der Waals surface area contributed by atoms with Gasteiger partial charge in [-0.1, -0.05) is 133 Å². The maximum Gasteiger partial charge on any atom is 0.0467 e. The normalized spacial score (nSPS) is 11.6. The zero-order valence-electron chi connectivity index (χ0n) is 29.8. The average molecular weight is 736 g/mol.